The maximum atomic E-state index is 2.51. The molecule has 0 amide bonds. The van der Waals surface area contributed by atoms with Gasteiger partial charge in [0.1, 0.15) is 15.7 Å². The minimum atomic E-state index is 0.444. The van der Waals surface area contributed by atoms with Crippen LogP contribution < -0.4 is 0 Å². The molecule has 0 aromatic heterocycles. The first kappa shape index (κ1) is 13.6. The van der Waals surface area contributed by atoms with Crippen molar-refractivity contribution in [2.24, 2.45) is 23.2 Å². The van der Waals surface area contributed by atoms with Gasteiger partial charge in [0, 0.05) is 0 Å². The molecule has 0 radical (unpaired) electrons. The van der Waals surface area contributed by atoms with Crippen molar-refractivity contribution in [3.8, 4) is 0 Å². The average molecular weight is 232 g/mol. The Morgan fingerprint density at radius 1 is 0.824 bits per heavy atom. The Balaban J connectivity index is 2.04. The monoisotopic (exact) mass is 232 g/mol. The second-order valence-corrected chi connectivity index (χ2v) is 8.29. The third kappa shape index (κ3) is 2.61. The van der Waals surface area contributed by atoms with Gasteiger partial charge in [-0.1, -0.05) is 58.1 Å². The normalized spacial score (nSPS) is 35.4. The first-order valence-electron chi connectivity index (χ1n) is 7.82. The van der Waals surface area contributed by atoms with Crippen molar-refractivity contribution in [3.05, 3.63) is 0 Å². The maximum absolute atomic E-state index is 2.51. The fourth-order valence-electron chi connectivity index (χ4n) is 4.14. The molecule has 17 heavy (non-hydrogen) atoms. The fourth-order valence-corrected chi connectivity index (χ4v) is 4.14. The van der Waals surface area contributed by atoms with Crippen molar-refractivity contribution in [2.45, 2.75) is 70.9 Å². The van der Waals surface area contributed by atoms with E-state index in [1.807, 2.05) is 0 Å². The fraction of sp³-hybridized carbons (Fsp3) is 1.00. The van der Waals surface area contributed by atoms with Crippen molar-refractivity contribution in [3.63, 3.8) is 0 Å². The predicted molar refractivity (Wildman–Crippen MR) is 82.0 cm³/mol. The van der Waals surface area contributed by atoms with Gasteiger partial charge >= 0.3 is 0 Å². The molecule has 0 N–H and O–H groups in total. The van der Waals surface area contributed by atoms with Gasteiger partial charge in [-0.3, -0.25) is 0 Å². The van der Waals surface area contributed by atoms with Crippen LogP contribution in [0.5, 0.6) is 0 Å². The molecular formula is C15H30B2. The summed E-state index contributed by atoms with van der Waals surface area (Å²) in [4.78, 5) is 0. The molecule has 0 bridgehead atoms. The van der Waals surface area contributed by atoms with Crippen LogP contribution in [0.3, 0.4) is 0 Å². The van der Waals surface area contributed by atoms with Gasteiger partial charge in [-0.2, -0.15) is 0 Å². The van der Waals surface area contributed by atoms with Gasteiger partial charge in [-0.15, -0.1) is 0 Å². The summed E-state index contributed by atoms with van der Waals surface area (Å²) in [5, 5.41) is 0.495. The zero-order valence-corrected chi connectivity index (χ0v) is 12.7. The van der Waals surface area contributed by atoms with Crippen molar-refractivity contribution in [2.75, 3.05) is 0 Å². The lowest BCUT2D eigenvalue weighted by molar-refractivity contribution is 0.0959. The molecule has 0 aliphatic heterocycles. The van der Waals surface area contributed by atoms with Crippen LogP contribution in [0.25, 0.3) is 0 Å². The standard InChI is InChI=1S/C15H30B2/c1-14(2,3)15(16,17)13-9-8-11-6-4-5-7-12(11)10-13/h11-13H,4-10,16-17H2,1-3H3. The van der Waals surface area contributed by atoms with E-state index in [2.05, 4.69) is 36.5 Å². The van der Waals surface area contributed by atoms with E-state index in [4.69, 9.17) is 0 Å². The van der Waals surface area contributed by atoms with E-state index in [0.717, 1.165) is 17.8 Å². The van der Waals surface area contributed by atoms with E-state index in [0.29, 0.717) is 10.6 Å². The van der Waals surface area contributed by atoms with E-state index in [1.54, 1.807) is 0 Å². The lowest BCUT2D eigenvalue weighted by atomic mass is 9.36. The van der Waals surface area contributed by atoms with Crippen LogP contribution in [-0.2, 0) is 0 Å². The molecule has 0 heterocycles. The van der Waals surface area contributed by atoms with Gasteiger partial charge in [-0.05, 0) is 36.0 Å². The number of hydrogen-bond donors (Lipinski definition) is 0. The number of hydrogen-bond acceptors (Lipinski definition) is 0. The van der Waals surface area contributed by atoms with Crippen LogP contribution in [0.2, 0.25) is 5.21 Å². The zero-order valence-electron chi connectivity index (χ0n) is 12.7. The molecule has 2 fully saturated rings. The summed E-state index contributed by atoms with van der Waals surface area (Å²) in [5.41, 5.74) is 0.444. The van der Waals surface area contributed by atoms with E-state index in [-0.39, 0.29) is 0 Å². The van der Waals surface area contributed by atoms with E-state index in [9.17, 15) is 0 Å². The summed E-state index contributed by atoms with van der Waals surface area (Å²) in [6, 6.07) is 0. The Morgan fingerprint density at radius 3 is 2.00 bits per heavy atom. The van der Waals surface area contributed by atoms with E-state index < -0.39 is 0 Å². The second kappa shape index (κ2) is 4.67. The van der Waals surface area contributed by atoms with Crippen LogP contribution in [0.15, 0.2) is 0 Å². The van der Waals surface area contributed by atoms with Crippen molar-refractivity contribution in [1.82, 2.24) is 0 Å². The molecule has 3 atom stereocenters. The molecule has 2 aliphatic carbocycles. The highest BCUT2D eigenvalue weighted by molar-refractivity contribution is 6.40. The topological polar surface area (TPSA) is 0 Å². The van der Waals surface area contributed by atoms with Gasteiger partial charge < -0.3 is 0 Å². The molecule has 3 unspecified atom stereocenters. The third-order valence-corrected chi connectivity index (χ3v) is 6.49. The Morgan fingerprint density at radius 2 is 1.41 bits per heavy atom. The lowest BCUT2D eigenvalue weighted by Gasteiger charge is -2.51. The van der Waals surface area contributed by atoms with Gasteiger partial charge in [-0.25, -0.2) is 0 Å². The summed E-state index contributed by atoms with van der Waals surface area (Å²) in [6.07, 6.45) is 10.6. The van der Waals surface area contributed by atoms with Crippen LogP contribution >= 0.6 is 0 Å². The lowest BCUT2D eigenvalue weighted by Crippen LogP contribution is -2.41. The van der Waals surface area contributed by atoms with E-state index in [1.165, 1.54) is 44.9 Å². The SMILES string of the molecule is BC(B)(C1CCC2CCCCC2C1)C(C)(C)C. The smallest absolute Gasteiger partial charge is 0.0771 e. The molecule has 0 nitrogen and oxygen atoms in total. The maximum Gasteiger partial charge on any atom is 0.100 e. The van der Waals surface area contributed by atoms with E-state index >= 15 is 0 Å². The average Bonchev–Trinajstić information content (AvgIpc) is 2.27. The quantitative estimate of drug-likeness (QED) is 0.609. The number of fused-ring (bicyclic) bond motifs is 1. The van der Waals surface area contributed by atoms with Crippen LogP contribution in [0.4, 0.5) is 0 Å². The zero-order chi connectivity index (χ0) is 12.7. The van der Waals surface area contributed by atoms with Gasteiger partial charge in [0.25, 0.3) is 0 Å². The molecule has 2 saturated carbocycles. The molecule has 2 aliphatic rings. The molecule has 0 aromatic rings. The highest BCUT2D eigenvalue weighted by Gasteiger charge is 2.43. The van der Waals surface area contributed by atoms with Gasteiger partial charge in [0.05, 0.1) is 0 Å². The Kier molecular flexibility index (Phi) is 3.72. The third-order valence-electron chi connectivity index (χ3n) is 6.49. The largest absolute Gasteiger partial charge is 0.100 e. The first-order chi connectivity index (χ1) is 7.82. The molecular weight excluding hydrogens is 202 g/mol. The summed E-state index contributed by atoms with van der Waals surface area (Å²) >= 11 is 0. The Labute approximate surface area is 110 Å². The molecule has 0 aromatic carbocycles. The van der Waals surface area contributed by atoms with Crippen LogP contribution in [0, 0.1) is 23.2 Å². The summed E-state index contributed by atoms with van der Waals surface area (Å²) < 4.78 is 0. The van der Waals surface area contributed by atoms with Crippen molar-refractivity contribution in [1.29, 1.82) is 0 Å². The van der Waals surface area contributed by atoms with Crippen LogP contribution in [0.1, 0.15) is 65.7 Å². The van der Waals surface area contributed by atoms with Gasteiger partial charge in [0.2, 0.25) is 0 Å². The minimum Gasteiger partial charge on any atom is -0.0771 e. The number of rotatable bonds is 1. The summed E-state index contributed by atoms with van der Waals surface area (Å²) in [5.74, 6) is 3.13. The summed E-state index contributed by atoms with van der Waals surface area (Å²) in [7, 11) is 5.03. The molecule has 2 rings (SSSR count). The molecule has 2 heteroatoms. The Bertz CT molecular complexity index is 265. The first-order valence-corrected chi connectivity index (χ1v) is 7.82. The second-order valence-electron chi connectivity index (χ2n) is 8.29. The highest BCUT2D eigenvalue weighted by atomic mass is 14.4. The molecule has 96 valence electrons. The predicted octanol–water partition coefficient (Wildman–Crippen LogP) is 3.02. The van der Waals surface area contributed by atoms with Crippen LogP contribution in [-0.4, -0.2) is 15.7 Å². The Hall–Kier alpha value is 0.130. The van der Waals surface area contributed by atoms with Crippen molar-refractivity contribution < 1.29 is 0 Å². The summed E-state index contributed by atoms with van der Waals surface area (Å²) in [6.45, 7) is 7.29. The van der Waals surface area contributed by atoms with Crippen molar-refractivity contribution >= 4 is 15.7 Å². The van der Waals surface area contributed by atoms with Gasteiger partial charge in [0.15, 0.2) is 0 Å². The molecule has 0 spiro atoms. The minimum absolute atomic E-state index is 0.444. The molecule has 0 saturated heterocycles. The highest BCUT2D eigenvalue weighted by Crippen LogP contribution is 2.54.